The van der Waals surface area contributed by atoms with Gasteiger partial charge in [0.1, 0.15) is 0 Å². The molecule has 0 spiro atoms. The van der Waals surface area contributed by atoms with Gasteiger partial charge >= 0.3 is 0 Å². The topological polar surface area (TPSA) is 47.3 Å². The first-order valence-electron chi connectivity index (χ1n) is 8.27. The second-order valence-electron chi connectivity index (χ2n) is 6.67. The average Bonchev–Trinajstić information content (AvgIpc) is 2.49. The summed E-state index contributed by atoms with van der Waals surface area (Å²) in [5.41, 5.74) is 3.15. The third kappa shape index (κ3) is 3.32. The molecule has 2 rings (SSSR count). The van der Waals surface area contributed by atoms with Crippen molar-refractivity contribution in [2.75, 3.05) is 7.11 Å². The summed E-state index contributed by atoms with van der Waals surface area (Å²) in [4.78, 5) is 0. The van der Waals surface area contributed by atoms with E-state index in [1.807, 2.05) is 7.11 Å². The zero-order valence-electron chi connectivity index (χ0n) is 12.8. The number of nitrogens with one attached hydrogen (secondary N) is 1. The number of rotatable bonds is 5. The van der Waals surface area contributed by atoms with Crippen molar-refractivity contribution in [3.63, 3.8) is 0 Å². The van der Waals surface area contributed by atoms with Crippen molar-refractivity contribution in [3.8, 4) is 0 Å². The fourth-order valence-corrected chi connectivity index (χ4v) is 4.52. The number of hydrogen-bond acceptors (Lipinski definition) is 3. The minimum Gasteiger partial charge on any atom is -0.377 e. The molecule has 3 atom stereocenters. The summed E-state index contributed by atoms with van der Waals surface area (Å²) < 4.78 is 6.01. The molecule has 3 heteroatoms. The summed E-state index contributed by atoms with van der Waals surface area (Å²) in [5.74, 6) is 7.54. The highest BCUT2D eigenvalue weighted by Gasteiger charge is 2.44. The largest absolute Gasteiger partial charge is 0.377 e. The molecule has 2 fully saturated rings. The van der Waals surface area contributed by atoms with Gasteiger partial charge in [0.15, 0.2) is 0 Å². The average molecular weight is 268 g/mol. The second kappa shape index (κ2) is 7.05. The molecule has 19 heavy (non-hydrogen) atoms. The fraction of sp³-hybridized carbons (Fsp3) is 1.00. The Morgan fingerprint density at radius 2 is 1.95 bits per heavy atom. The zero-order valence-corrected chi connectivity index (χ0v) is 12.8. The normalized spacial score (nSPS) is 33.0. The number of methoxy groups -OCH3 is 1. The van der Waals surface area contributed by atoms with Crippen LogP contribution in [0.15, 0.2) is 0 Å². The van der Waals surface area contributed by atoms with Crippen molar-refractivity contribution < 1.29 is 4.74 Å². The Balaban J connectivity index is 2.08. The van der Waals surface area contributed by atoms with Crippen LogP contribution in [0.25, 0.3) is 0 Å². The molecule has 112 valence electrons. The molecule has 0 heterocycles. The van der Waals surface area contributed by atoms with Crippen LogP contribution in [0.2, 0.25) is 0 Å². The molecule has 2 saturated carbocycles. The third-order valence-corrected chi connectivity index (χ3v) is 5.72. The highest BCUT2D eigenvalue weighted by molar-refractivity contribution is 4.99. The molecular weight excluding hydrogens is 236 g/mol. The van der Waals surface area contributed by atoms with Crippen molar-refractivity contribution in [1.29, 1.82) is 0 Å². The van der Waals surface area contributed by atoms with Crippen molar-refractivity contribution in [2.45, 2.75) is 82.8 Å². The van der Waals surface area contributed by atoms with Gasteiger partial charge in [0, 0.05) is 7.11 Å². The second-order valence-corrected chi connectivity index (χ2v) is 6.67. The minimum atomic E-state index is -0.00665. The van der Waals surface area contributed by atoms with Gasteiger partial charge in [-0.15, -0.1) is 0 Å². The van der Waals surface area contributed by atoms with Crippen molar-refractivity contribution in [2.24, 2.45) is 17.7 Å². The first-order valence-corrected chi connectivity index (χ1v) is 8.27. The van der Waals surface area contributed by atoms with Gasteiger partial charge in [-0.1, -0.05) is 45.4 Å². The Morgan fingerprint density at radius 3 is 2.53 bits per heavy atom. The van der Waals surface area contributed by atoms with E-state index in [9.17, 15) is 0 Å². The van der Waals surface area contributed by atoms with E-state index in [1.54, 1.807) is 0 Å². The predicted molar refractivity (Wildman–Crippen MR) is 79.7 cm³/mol. The zero-order chi connectivity index (χ0) is 13.7. The van der Waals surface area contributed by atoms with Gasteiger partial charge in [0.2, 0.25) is 0 Å². The molecule has 3 unspecified atom stereocenters. The minimum absolute atomic E-state index is 0.00665. The maximum absolute atomic E-state index is 6.01. The van der Waals surface area contributed by atoms with E-state index in [-0.39, 0.29) is 5.60 Å². The van der Waals surface area contributed by atoms with E-state index in [0.29, 0.717) is 12.0 Å². The number of nitrogens with two attached hydrogens (primary N) is 1. The molecule has 0 saturated heterocycles. The molecule has 0 aromatic rings. The number of ether oxygens (including phenoxy) is 1. The first-order chi connectivity index (χ1) is 9.25. The number of hydrogen-bond donors (Lipinski definition) is 2. The molecule has 0 radical (unpaired) electrons. The molecule has 0 aromatic heterocycles. The molecule has 0 aliphatic heterocycles. The van der Waals surface area contributed by atoms with E-state index in [0.717, 1.165) is 5.92 Å². The standard InChI is InChI=1S/C16H32N2O/c1-3-13-8-7-9-14(12-13)15(18-17)16(19-2)10-5-4-6-11-16/h13-15,18H,3-12,17H2,1-2H3. The highest BCUT2D eigenvalue weighted by Crippen LogP contribution is 2.42. The molecule has 2 aliphatic rings. The fourth-order valence-electron chi connectivity index (χ4n) is 4.52. The van der Waals surface area contributed by atoms with E-state index in [4.69, 9.17) is 10.6 Å². The van der Waals surface area contributed by atoms with Crippen LogP contribution in [-0.2, 0) is 4.74 Å². The van der Waals surface area contributed by atoms with Crippen LogP contribution in [0.4, 0.5) is 0 Å². The molecule has 3 nitrogen and oxygen atoms in total. The lowest BCUT2D eigenvalue weighted by atomic mass is 9.68. The molecule has 0 bridgehead atoms. The van der Waals surface area contributed by atoms with Crippen LogP contribution in [0, 0.1) is 11.8 Å². The Kier molecular flexibility index (Phi) is 5.67. The summed E-state index contributed by atoms with van der Waals surface area (Å²) in [5, 5.41) is 0. The molecule has 0 aromatic carbocycles. The van der Waals surface area contributed by atoms with Crippen molar-refractivity contribution in [1.82, 2.24) is 5.43 Å². The van der Waals surface area contributed by atoms with Gasteiger partial charge < -0.3 is 4.74 Å². The Bertz CT molecular complexity index is 263. The van der Waals surface area contributed by atoms with Crippen LogP contribution in [0.3, 0.4) is 0 Å². The van der Waals surface area contributed by atoms with E-state index < -0.39 is 0 Å². The Hall–Kier alpha value is -0.120. The maximum atomic E-state index is 6.01. The quantitative estimate of drug-likeness (QED) is 0.593. The molecule has 2 aliphatic carbocycles. The summed E-state index contributed by atoms with van der Waals surface area (Å²) >= 11 is 0. The van der Waals surface area contributed by atoms with Gasteiger partial charge in [-0.05, 0) is 37.5 Å². The molecule has 0 amide bonds. The lowest BCUT2D eigenvalue weighted by Gasteiger charge is -2.47. The van der Waals surface area contributed by atoms with Crippen molar-refractivity contribution in [3.05, 3.63) is 0 Å². The Labute approximate surface area is 118 Å². The smallest absolute Gasteiger partial charge is 0.0847 e. The monoisotopic (exact) mass is 268 g/mol. The first kappa shape index (κ1) is 15.3. The van der Waals surface area contributed by atoms with E-state index >= 15 is 0 Å². The SMILES string of the molecule is CCC1CCCC(C(NN)C2(OC)CCCCC2)C1. The summed E-state index contributed by atoms with van der Waals surface area (Å²) in [6.07, 6.45) is 13.0. The van der Waals surface area contributed by atoms with Crippen LogP contribution in [0.5, 0.6) is 0 Å². The summed E-state index contributed by atoms with van der Waals surface area (Å²) in [6, 6.07) is 0.340. The van der Waals surface area contributed by atoms with Gasteiger partial charge in [0.05, 0.1) is 11.6 Å². The van der Waals surface area contributed by atoms with Crippen LogP contribution < -0.4 is 11.3 Å². The maximum Gasteiger partial charge on any atom is 0.0847 e. The van der Waals surface area contributed by atoms with E-state index in [1.165, 1.54) is 64.2 Å². The summed E-state index contributed by atoms with van der Waals surface area (Å²) in [6.45, 7) is 2.32. The van der Waals surface area contributed by atoms with Crippen LogP contribution in [0.1, 0.15) is 71.1 Å². The number of hydrazine groups is 1. The third-order valence-electron chi connectivity index (χ3n) is 5.72. The summed E-state index contributed by atoms with van der Waals surface area (Å²) in [7, 11) is 1.88. The van der Waals surface area contributed by atoms with Gasteiger partial charge in [-0.2, -0.15) is 0 Å². The van der Waals surface area contributed by atoms with Crippen molar-refractivity contribution >= 4 is 0 Å². The molecular formula is C16H32N2O. The predicted octanol–water partition coefficient (Wildman–Crippen LogP) is 3.38. The van der Waals surface area contributed by atoms with Crippen LogP contribution in [-0.4, -0.2) is 18.8 Å². The van der Waals surface area contributed by atoms with Crippen LogP contribution >= 0.6 is 0 Å². The van der Waals surface area contributed by atoms with Gasteiger partial charge in [0.25, 0.3) is 0 Å². The van der Waals surface area contributed by atoms with Gasteiger partial charge in [-0.3, -0.25) is 11.3 Å². The Morgan fingerprint density at radius 1 is 1.21 bits per heavy atom. The highest BCUT2D eigenvalue weighted by atomic mass is 16.5. The van der Waals surface area contributed by atoms with Gasteiger partial charge in [-0.25, -0.2) is 0 Å². The molecule has 3 N–H and O–H groups in total. The lowest BCUT2D eigenvalue weighted by molar-refractivity contribution is -0.0875. The lowest BCUT2D eigenvalue weighted by Crippen LogP contribution is -2.59. The van der Waals surface area contributed by atoms with E-state index in [2.05, 4.69) is 12.3 Å².